The summed E-state index contributed by atoms with van der Waals surface area (Å²) in [5.41, 5.74) is -2.75. The Morgan fingerprint density at radius 1 is 1.17 bits per heavy atom. The van der Waals surface area contributed by atoms with Crippen LogP contribution in [0.2, 0.25) is 0 Å². The van der Waals surface area contributed by atoms with Gasteiger partial charge in [-0.15, -0.1) is 0 Å². The van der Waals surface area contributed by atoms with E-state index in [1.165, 1.54) is 30.9 Å². The molecule has 2 N–H and O–H groups in total. The monoisotopic (exact) mass is 751 g/mol. The zero-order valence-corrected chi connectivity index (χ0v) is 30.1. The number of hydrogen-bond donors (Lipinski definition) is 2. The average molecular weight is 752 g/mol. The first-order chi connectivity index (χ1) is 27.2. The number of benzene rings is 1. The first-order valence-corrected chi connectivity index (χ1v) is 19.0. The summed E-state index contributed by atoms with van der Waals surface area (Å²) in [7, 11) is -5.13. The number of carbonyl (C=O) groups excluding carboxylic acids is 5. The number of nitrogens with one attached hydrogen (secondary N) is 2. The molecule has 7 atom stereocenters. The van der Waals surface area contributed by atoms with Crippen LogP contribution in [0, 0.1) is 23.0 Å². The summed E-state index contributed by atoms with van der Waals surface area (Å²) in [6.07, 6.45) is -1.31. The Hall–Kier alpha value is -4.01. The fraction of sp³-hybridized carbons (Fsp3) is 0.649. The molecular formula is C37H49FN4O9S. The lowest BCUT2D eigenvalue weighted by Crippen LogP contribution is -2.53. The van der Waals surface area contributed by atoms with Gasteiger partial charge in [0, 0.05) is 34.5 Å². The van der Waals surface area contributed by atoms with E-state index in [1.54, 1.807) is 22.9 Å². The molecule has 1 aromatic carbocycles. The minimum atomic E-state index is -5.13. The predicted molar refractivity (Wildman–Crippen MR) is 186 cm³/mol. The van der Waals surface area contributed by atoms with Gasteiger partial charge in [0.2, 0.25) is 21.8 Å². The van der Waals surface area contributed by atoms with Gasteiger partial charge < -0.3 is 19.7 Å². The molecule has 3 fully saturated rings. The van der Waals surface area contributed by atoms with Crippen molar-refractivity contribution in [1.82, 2.24) is 19.8 Å². The van der Waals surface area contributed by atoms with Crippen LogP contribution in [-0.2, 0) is 47.0 Å². The lowest BCUT2D eigenvalue weighted by atomic mass is 9.91. The van der Waals surface area contributed by atoms with Crippen molar-refractivity contribution in [2.45, 2.75) is 127 Å². The number of sulfonamides is 1. The summed E-state index contributed by atoms with van der Waals surface area (Å²) < 4.78 is 110. The molecule has 1 aromatic rings. The molecule has 3 heterocycles. The third-order valence-electron chi connectivity index (χ3n) is 10.2. The number of amides is 4. The van der Waals surface area contributed by atoms with Crippen LogP contribution in [0.5, 0.6) is 0 Å². The highest BCUT2D eigenvalue weighted by Gasteiger charge is 2.62. The smallest absolute Gasteiger partial charge is 0.410 e. The number of carbonyl (C=O) groups is 5. The fourth-order valence-electron chi connectivity index (χ4n) is 7.31. The summed E-state index contributed by atoms with van der Waals surface area (Å²) >= 11 is 0. The zero-order valence-electron chi connectivity index (χ0n) is 36.3. The van der Waals surface area contributed by atoms with Crippen LogP contribution < -0.4 is 10.0 Å². The molecule has 5 aliphatic rings. The Kier molecular flexibility index (Phi) is 8.17. The molecule has 2 saturated carbocycles. The number of allylic oxidation sites excluding steroid dienone is 2. The highest BCUT2D eigenvalue weighted by Crippen LogP contribution is 2.57. The minimum absolute atomic E-state index is 0.00686. The second-order valence-corrected chi connectivity index (χ2v) is 16.4. The van der Waals surface area contributed by atoms with Crippen molar-refractivity contribution in [3.8, 4) is 0 Å². The fourth-order valence-corrected chi connectivity index (χ4v) is 8.55. The number of halogens is 1. The molecule has 1 saturated heterocycles. The third kappa shape index (κ3) is 8.29. The van der Waals surface area contributed by atoms with Gasteiger partial charge in [0.15, 0.2) is 5.78 Å². The Balaban J connectivity index is 1.28. The zero-order chi connectivity index (χ0) is 43.7. The van der Waals surface area contributed by atoms with Gasteiger partial charge in [0.25, 0.3) is 0 Å². The molecule has 0 radical (unpaired) electrons. The van der Waals surface area contributed by atoms with Crippen LogP contribution in [0.3, 0.4) is 0 Å². The molecule has 13 nitrogen and oxygen atoms in total. The summed E-state index contributed by atoms with van der Waals surface area (Å²) in [6, 6.07) is 1.73. The molecule has 3 aliphatic heterocycles. The van der Waals surface area contributed by atoms with Crippen molar-refractivity contribution in [3.63, 3.8) is 0 Å². The second-order valence-electron chi connectivity index (χ2n) is 14.8. The Bertz CT molecular complexity index is 2050. The molecule has 6 rings (SSSR count). The number of hydrogen-bond acceptors (Lipinski definition) is 9. The van der Waals surface area contributed by atoms with Crippen LogP contribution in [0.15, 0.2) is 30.4 Å². The standard InChI is InChI=1S/C37H49FN4O9S/c1-22-15-31(22)52(48,49)40-33(45)37-17-24(37)12-8-6-5-7-9-14-28(39-34(46)51-36(2,3)4)32(44)42-20-25(16-29(42)30(43)18-37)50-35(47)41-19-23-11-10-13-27(38)26(23)21-41/h8,10-13,22,24-25,28-29,31H,5-7,9,14-21H2,1-4H3,(H,39,46)(H,40,45)/b12-8-/t22?,24-,25-,28+,29+,31?,37-/m1/s1/i2D3,15D2,22D,31D. The Labute approximate surface area is 313 Å². The molecule has 52 heavy (non-hydrogen) atoms. The van der Waals surface area contributed by atoms with Crippen LogP contribution >= 0.6 is 0 Å². The lowest BCUT2D eigenvalue weighted by molar-refractivity contribution is -0.140. The Morgan fingerprint density at radius 2 is 1.94 bits per heavy atom. The van der Waals surface area contributed by atoms with E-state index >= 15 is 0 Å². The maximum atomic E-state index is 14.5. The van der Waals surface area contributed by atoms with E-state index in [9.17, 15) is 36.8 Å². The summed E-state index contributed by atoms with van der Waals surface area (Å²) in [5, 5.41) is -0.568. The molecule has 2 aliphatic carbocycles. The molecule has 0 bridgehead atoms. The Morgan fingerprint density at radius 3 is 2.65 bits per heavy atom. The highest BCUT2D eigenvalue weighted by molar-refractivity contribution is 7.91. The van der Waals surface area contributed by atoms with Gasteiger partial charge >= 0.3 is 12.2 Å². The van der Waals surface area contributed by atoms with Gasteiger partial charge in [0.05, 0.1) is 29.8 Å². The van der Waals surface area contributed by atoms with Gasteiger partial charge in [-0.25, -0.2) is 22.4 Å². The molecule has 2 unspecified atom stereocenters. The van der Waals surface area contributed by atoms with E-state index in [0.717, 1.165) is 11.8 Å². The average Bonchev–Trinajstić information content (AvgIpc) is 3.58. The van der Waals surface area contributed by atoms with E-state index in [-0.39, 0.29) is 38.9 Å². The minimum Gasteiger partial charge on any atom is -0.444 e. The molecule has 284 valence electrons. The first kappa shape index (κ1) is 29.4. The van der Waals surface area contributed by atoms with Gasteiger partial charge in [0.1, 0.15) is 23.6 Å². The number of Topliss-reactive ketones (excluding diaryl/α,β-unsaturated/α-hetero) is 1. The van der Waals surface area contributed by atoms with Gasteiger partial charge in [-0.05, 0) is 76.2 Å². The number of ether oxygens (including phenoxy) is 2. The third-order valence-corrected chi connectivity index (χ3v) is 11.6. The lowest BCUT2D eigenvalue weighted by Gasteiger charge is -2.30. The van der Waals surface area contributed by atoms with Gasteiger partial charge in [-0.3, -0.25) is 24.0 Å². The topological polar surface area (TPSA) is 168 Å². The van der Waals surface area contributed by atoms with Crippen molar-refractivity contribution in [1.29, 1.82) is 0 Å². The molecule has 4 amide bonds. The van der Waals surface area contributed by atoms with E-state index in [4.69, 9.17) is 19.1 Å². The van der Waals surface area contributed by atoms with E-state index in [0.29, 0.717) is 36.8 Å². The summed E-state index contributed by atoms with van der Waals surface area (Å²) in [6.45, 7) is 0.195. The first-order valence-electron chi connectivity index (χ1n) is 21.0. The van der Waals surface area contributed by atoms with Crippen LogP contribution in [-0.4, -0.2) is 83.6 Å². The molecule has 0 spiro atoms. The van der Waals surface area contributed by atoms with E-state index in [1.807, 2.05) is 0 Å². The van der Waals surface area contributed by atoms with Crippen molar-refractivity contribution in [2.24, 2.45) is 17.2 Å². The maximum absolute atomic E-state index is 14.5. The molecule has 15 heteroatoms. The molecular weight excluding hydrogens is 695 g/mol. The van der Waals surface area contributed by atoms with Crippen LogP contribution in [0.1, 0.15) is 106 Å². The number of alkyl carbamates (subject to hydrolysis) is 1. The SMILES string of the molecule is [2H]C([2H])([2H])C(C)(C)OC(=O)N[C@H]1CCCCC/C=C\[C@@H]2C[C@@]2(C(=O)NS(=O)(=O)C2([2H])C([2H])([2H])C2([2H])C)CC(=O)[C@@H]2C[C@@H](OC(=O)N3Cc4cccc(F)c4C3)CN2C1=O. The second kappa shape index (κ2) is 14.4. The summed E-state index contributed by atoms with van der Waals surface area (Å²) in [5.74, 6) is -6.25. The van der Waals surface area contributed by atoms with E-state index < -0.39 is 112 Å². The predicted octanol–water partition coefficient (Wildman–Crippen LogP) is 4.48. The summed E-state index contributed by atoms with van der Waals surface area (Å²) in [4.78, 5) is 71.8. The maximum Gasteiger partial charge on any atom is 0.410 e. The van der Waals surface area contributed by atoms with Gasteiger partial charge in [-0.2, -0.15) is 0 Å². The van der Waals surface area contributed by atoms with Gasteiger partial charge in [-0.1, -0.05) is 44.1 Å². The number of rotatable bonds is 5. The quantitative estimate of drug-likeness (QED) is 0.412. The van der Waals surface area contributed by atoms with Crippen molar-refractivity contribution < 1.29 is 55.8 Å². The van der Waals surface area contributed by atoms with E-state index in [2.05, 4.69) is 5.32 Å². The van der Waals surface area contributed by atoms with Crippen LogP contribution in [0.4, 0.5) is 14.0 Å². The van der Waals surface area contributed by atoms with Crippen molar-refractivity contribution >= 4 is 39.8 Å². The highest BCUT2D eigenvalue weighted by atomic mass is 32.2. The number of ketones is 1. The largest absolute Gasteiger partial charge is 0.444 e. The normalized spacial score (nSPS) is 37.3. The number of fused-ring (bicyclic) bond motifs is 3. The molecule has 0 aromatic heterocycles. The van der Waals surface area contributed by atoms with Crippen molar-refractivity contribution in [2.75, 3.05) is 6.54 Å². The number of nitrogens with zero attached hydrogens (tertiary/aromatic N) is 2. The van der Waals surface area contributed by atoms with Crippen LogP contribution in [0.25, 0.3) is 0 Å². The van der Waals surface area contributed by atoms with Crippen molar-refractivity contribution in [3.05, 3.63) is 47.3 Å².